The van der Waals surface area contributed by atoms with Gasteiger partial charge in [0.1, 0.15) is 0 Å². The number of rotatable bonds is 6. The van der Waals surface area contributed by atoms with Crippen molar-refractivity contribution in [2.75, 3.05) is 13.9 Å². The average molecular weight is 266 g/mol. The van der Waals surface area contributed by atoms with Crippen LogP contribution in [0.25, 0.3) is 0 Å². The fourth-order valence-electron chi connectivity index (χ4n) is 1.49. The van der Waals surface area contributed by atoms with E-state index in [0.717, 1.165) is 12.8 Å². The van der Waals surface area contributed by atoms with Crippen molar-refractivity contribution in [1.82, 2.24) is 4.98 Å². The molecule has 1 fully saturated rings. The summed E-state index contributed by atoms with van der Waals surface area (Å²) in [6.45, 7) is -0.308. The first-order chi connectivity index (χ1) is 9.13. The van der Waals surface area contributed by atoms with E-state index in [-0.39, 0.29) is 30.1 Å². The number of ether oxygens (including phenoxy) is 3. The molecule has 2 rings (SSSR count). The molecular weight excluding hydrogens is 252 g/mol. The van der Waals surface area contributed by atoms with Crippen molar-refractivity contribution in [2.24, 2.45) is 11.7 Å². The monoisotopic (exact) mass is 266 g/mol. The number of primary amides is 1. The number of carbonyl (C=O) groups is 2. The van der Waals surface area contributed by atoms with E-state index < -0.39 is 5.91 Å². The van der Waals surface area contributed by atoms with Gasteiger partial charge in [0.25, 0.3) is 5.91 Å². The number of aromatic nitrogens is 1. The SMILES string of the molecule is COc1ccnc(C(N)=O)c1OCOC(=O)C1CC1. The Balaban J connectivity index is 2.04. The number of hydrogen-bond donors (Lipinski definition) is 1. The Bertz CT molecular complexity index is 499. The number of nitrogens with two attached hydrogens (primary N) is 1. The standard InChI is InChI=1S/C12H14N2O5/c1-17-8-4-5-14-9(11(13)15)10(8)18-6-19-12(16)7-2-3-7/h4-5,7H,2-3,6H2,1H3,(H2,13,15). The second kappa shape index (κ2) is 5.55. The molecule has 7 nitrogen and oxygen atoms in total. The lowest BCUT2D eigenvalue weighted by Gasteiger charge is -2.12. The normalized spacial score (nSPS) is 13.7. The fourth-order valence-corrected chi connectivity index (χ4v) is 1.49. The second-order valence-corrected chi connectivity index (χ2v) is 4.06. The summed E-state index contributed by atoms with van der Waals surface area (Å²) in [5.74, 6) is -0.701. The van der Waals surface area contributed by atoms with Crippen molar-refractivity contribution in [2.45, 2.75) is 12.8 Å². The summed E-state index contributed by atoms with van der Waals surface area (Å²) in [6, 6.07) is 1.52. The van der Waals surface area contributed by atoms with Crippen LogP contribution < -0.4 is 15.2 Å². The van der Waals surface area contributed by atoms with Crippen molar-refractivity contribution >= 4 is 11.9 Å². The number of pyridine rings is 1. The molecule has 0 spiro atoms. The molecule has 0 radical (unpaired) electrons. The van der Waals surface area contributed by atoms with Crippen LogP contribution in [-0.2, 0) is 9.53 Å². The smallest absolute Gasteiger partial charge is 0.311 e. The van der Waals surface area contributed by atoms with Crippen LogP contribution in [0.15, 0.2) is 12.3 Å². The van der Waals surface area contributed by atoms with Crippen LogP contribution in [-0.4, -0.2) is 30.8 Å². The van der Waals surface area contributed by atoms with E-state index in [0.29, 0.717) is 5.75 Å². The average Bonchev–Trinajstić information content (AvgIpc) is 3.22. The number of esters is 1. The molecule has 7 heteroatoms. The highest BCUT2D eigenvalue weighted by Gasteiger charge is 2.31. The predicted octanol–water partition coefficient (Wildman–Crippen LogP) is 0.479. The van der Waals surface area contributed by atoms with E-state index >= 15 is 0 Å². The summed E-state index contributed by atoms with van der Waals surface area (Å²) in [5.41, 5.74) is 5.12. The van der Waals surface area contributed by atoms with Crippen molar-refractivity contribution in [3.8, 4) is 11.5 Å². The van der Waals surface area contributed by atoms with Crippen LogP contribution in [0.5, 0.6) is 11.5 Å². The van der Waals surface area contributed by atoms with Crippen molar-refractivity contribution in [3.05, 3.63) is 18.0 Å². The topological polar surface area (TPSA) is 101 Å². The van der Waals surface area contributed by atoms with Gasteiger partial charge >= 0.3 is 5.97 Å². The van der Waals surface area contributed by atoms with Gasteiger partial charge in [0, 0.05) is 12.3 Å². The van der Waals surface area contributed by atoms with Gasteiger partial charge < -0.3 is 19.9 Å². The summed E-state index contributed by atoms with van der Waals surface area (Å²) in [4.78, 5) is 26.4. The molecule has 0 atom stereocenters. The van der Waals surface area contributed by atoms with Crippen LogP contribution in [0.4, 0.5) is 0 Å². The summed E-state index contributed by atoms with van der Waals surface area (Å²) >= 11 is 0. The maximum absolute atomic E-state index is 11.3. The summed E-state index contributed by atoms with van der Waals surface area (Å²) in [7, 11) is 1.42. The number of methoxy groups -OCH3 is 1. The third-order valence-electron chi connectivity index (χ3n) is 2.64. The van der Waals surface area contributed by atoms with Gasteiger partial charge in [0.2, 0.25) is 6.79 Å². The molecule has 1 aliphatic rings. The Hall–Kier alpha value is -2.31. The molecule has 0 unspecified atom stereocenters. The quantitative estimate of drug-likeness (QED) is 0.593. The predicted molar refractivity (Wildman–Crippen MR) is 63.6 cm³/mol. The van der Waals surface area contributed by atoms with Gasteiger partial charge in [-0.05, 0) is 12.8 Å². The highest BCUT2D eigenvalue weighted by molar-refractivity contribution is 5.94. The number of carbonyl (C=O) groups excluding carboxylic acids is 2. The molecule has 102 valence electrons. The molecule has 1 amide bonds. The van der Waals surface area contributed by atoms with Crippen LogP contribution in [0, 0.1) is 5.92 Å². The third kappa shape index (κ3) is 3.12. The van der Waals surface area contributed by atoms with Crippen molar-refractivity contribution in [1.29, 1.82) is 0 Å². The first-order valence-electron chi connectivity index (χ1n) is 5.75. The zero-order chi connectivity index (χ0) is 13.8. The van der Waals surface area contributed by atoms with Gasteiger partial charge in [-0.25, -0.2) is 4.98 Å². The zero-order valence-electron chi connectivity index (χ0n) is 10.4. The zero-order valence-corrected chi connectivity index (χ0v) is 10.4. The molecule has 1 aliphatic carbocycles. The number of hydrogen-bond acceptors (Lipinski definition) is 6. The molecule has 0 saturated heterocycles. The molecule has 0 bridgehead atoms. The number of amides is 1. The summed E-state index contributed by atoms with van der Waals surface area (Å²) in [5, 5.41) is 0. The summed E-state index contributed by atoms with van der Waals surface area (Å²) in [6.07, 6.45) is 3.07. The minimum absolute atomic E-state index is 0.0185. The Labute approximate surface area is 109 Å². The largest absolute Gasteiger partial charge is 0.493 e. The van der Waals surface area contributed by atoms with Crippen LogP contribution >= 0.6 is 0 Å². The Morgan fingerprint density at radius 2 is 2.21 bits per heavy atom. The van der Waals surface area contributed by atoms with E-state index in [9.17, 15) is 9.59 Å². The molecule has 0 aliphatic heterocycles. The van der Waals surface area contributed by atoms with Gasteiger partial charge in [0.15, 0.2) is 17.2 Å². The molecule has 1 saturated carbocycles. The molecule has 1 aromatic rings. The van der Waals surface area contributed by atoms with Gasteiger partial charge in [-0.2, -0.15) is 0 Å². The highest BCUT2D eigenvalue weighted by Crippen LogP contribution is 2.31. The van der Waals surface area contributed by atoms with Gasteiger partial charge in [0.05, 0.1) is 13.0 Å². The van der Waals surface area contributed by atoms with Gasteiger partial charge in [-0.1, -0.05) is 0 Å². The lowest BCUT2D eigenvalue weighted by Crippen LogP contribution is -2.18. The van der Waals surface area contributed by atoms with Crippen molar-refractivity contribution in [3.63, 3.8) is 0 Å². The van der Waals surface area contributed by atoms with E-state index in [1.165, 1.54) is 19.4 Å². The Morgan fingerprint density at radius 3 is 2.79 bits per heavy atom. The van der Waals surface area contributed by atoms with Gasteiger partial charge in [-0.3, -0.25) is 9.59 Å². The van der Waals surface area contributed by atoms with E-state index in [1.807, 2.05) is 0 Å². The Morgan fingerprint density at radius 1 is 1.47 bits per heavy atom. The van der Waals surface area contributed by atoms with Gasteiger partial charge in [-0.15, -0.1) is 0 Å². The summed E-state index contributed by atoms with van der Waals surface area (Å²) < 4.78 is 15.2. The minimum atomic E-state index is -0.748. The van der Waals surface area contributed by atoms with Crippen LogP contribution in [0.1, 0.15) is 23.3 Å². The maximum Gasteiger partial charge on any atom is 0.311 e. The molecule has 2 N–H and O–H groups in total. The minimum Gasteiger partial charge on any atom is -0.493 e. The van der Waals surface area contributed by atoms with E-state index in [2.05, 4.69) is 4.98 Å². The Kier molecular flexibility index (Phi) is 3.84. The first kappa shape index (κ1) is 13.1. The lowest BCUT2D eigenvalue weighted by atomic mass is 10.3. The molecular formula is C12H14N2O5. The van der Waals surface area contributed by atoms with E-state index in [1.54, 1.807) is 0 Å². The second-order valence-electron chi connectivity index (χ2n) is 4.06. The van der Waals surface area contributed by atoms with Crippen LogP contribution in [0.3, 0.4) is 0 Å². The third-order valence-corrected chi connectivity index (χ3v) is 2.64. The fraction of sp³-hybridized carbons (Fsp3) is 0.417. The molecule has 1 heterocycles. The van der Waals surface area contributed by atoms with E-state index in [4.69, 9.17) is 19.9 Å². The van der Waals surface area contributed by atoms with Crippen molar-refractivity contribution < 1.29 is 23.8 Å². The highest BCUT2D eigenvalue weighted by atomic mass is 16.7. The molecule has 0 aromatic carbocycles. The first-order valence-corrected chi connectivity index (χ1v) is 5.75. The molecule has 1 aromatic heterocycles. The lowest BCUT2D eigenvalue weighted by molar-refractivity contribution is -0.151. The molecule has 19 heavy (non-hydrogen) atoms. The maximum atomic E-state index is 11.3. The van der Waals surface area contributed by atoms with Crippen LogP contribution in [0.2, 0.25) is 0 Å². The number of nitrogens with zero attached hydrogens (tertiary/aromatic N) is 1.